The molecule has 0 aliphatic heterocycles. The van der Waals surface area contributed by atoms with Crippen LogP contribution in [-0.2, 0) is 17.9 Å². The Balaban J connectivity index is 2.09. The van der Waals surface area contributed by atoms with Crippen molar-refractivity contribution in [3.05, 3.63) is 33.8 Å². The number of thiazole rings is 1. The Morgan fingerprint density at radius 1 is 1.12 bits per heavy atom. The topological polar surface area (TPSA) is 78.9 Å². The van der Waals surface area contributed by atoms with E-state index in [0.717, 1.165) is 10.6 Å². The minimum absolute atomic E-state index is 0.248. The molecule has 0 radical (unpaired) electrons. The van der Waals surface area contributed by atoms with E-state index in [4.69, 9.17) is 18.9 Å². The van der Waals surface area contributed by atoms with Crippen LogP contribution in [0.15, 0.2) is 17.5 Å². The summed E-state index contributed by atoms with van der Waals surface area (Å²) in [5.41, 5.74) is 1.20. The van der Waals surface area contributed by atoms with E-state index in [0.29, 0.717) is 36.1 Å². The van der Waals surface area contributed by atoms with E-state index in [1.165, 1.54) is 11.3 Å². The van der Waals surface area contributed by atoms with Crippen LogP contribution in [0.3, 0.4) is 0 Å². The molecule has 130 valence electrons. The van der Waals surface area contributed by atoms with Gasteiger partial charge in [0.15, 0.2) is 11.5 Å². The van der Waals surface area contributed by atoms with Gasteiger partial charge in [-0.3, -0.25) is 4.79 Å². The second kappa shape index (κ2) is 8.51. The lowest BCUT2D eigenvalue weighted by Crippen LogP contribution is -2.23. The molecule has 7 nitrogen and oxygen atoms in total. The van der Waals surface area contributed by atoms with Crippen molar-refractivity contribution in [2.45, 2.75) is 13.2 Å². The van der Waals surface area contributed by atoms with Crippen LogP contribution < -0.4 is 19.5 Å². The fourth-order valence-corrected chi connectivity index (χ4v) is 2.86. The van der Waals surface area contributed by atoms with Gasteiger partial charge in [0.05, 0.1) is 27.9 Å². The Kier molecular flexibility index (Phi) is 6.39. The van der Waals surface area contributed by atoms with Crippen LogP contribution in [0.5, 0.6) is 17.2 Å². The predicted octanol–water partition coefficient (Wildman–Crippen LogP) is 2.25. The lowest BCUT2D eigenvalue weighted by molar-refractivity contribution is 0.0946. The van der Waals surface area contributed by atoms with E-state index in [1.54, 1.807) is 46.0 Å². The van der Waals surface area contributed by atoms with Crippen molar-refractivity contribution in [1.82, 2.24) is 10.3 Å². The third-order valence-corrected chi connectivity index (χ3v) is 4.05. The van der Waals surface area contributed by atoms with Gasteiger partial charge >= 0.3 is 0 Å². The van der Waals surface area contributed by atoms with E-state index >= 15 is 0 Å². The van der Waals surface area contributed by atoms with E-state index in [-0.39, 0.29) is 5.91 Å². The monoisotopic (exact) mass is 352 g/mol. The second-order valence-electron chi connectivity index (χ2n) is 4.78. The van der Waals surface area contributed by atoms with Gasteiger partial charge in [0.25, 0.3) is 5.91 Å². The number of hydrogen-bond acceptors (Lipinski definition) is 7. The molecular formula is C16H20N2O5S. The highest BCUT2D eigenvalue weighted by Crippen LogP contribution is 2.38. The third kappa shape index (κ3) is 4.15. The van der Waals surface area contributed by atoms with Crippen molar-refractivity contribution in [1.29, 1.82) is 0 Å². The molecule has 0 bridgehead atoms. The molecule has 0 aliphatic rings. The van der Waals surface area contributed by atoms with Gasteiger partial charge in [0.2, 0.25) is 5.75 Å². The maximum Gasteiger partial charge on any atom is 0.271 e. The molecule has 1 N–H and O–H groups in total. The van der Waals surface area contributed by atoms with Gasteiger partial charge in [-0.25, -0.2) is 4.98 Å². The highest BCUT2D eigenvalue weighted by molar-refractivity contribution is 7.09. The number of amides is 1. The Labute approximate surface area is 144 Å². The highest BCUT2D eigenvalue weighted by Gasteiger charge is 2.15. The molecule has 0 aliphatic carbocycles. The fraction of sp³-hybridized carbons (Fsp3) is 0.375. The zero-order valence-electron chi connectivity index (χ0n) is 14.0. The quantitative estimate of drug-likeness (QED) is 0.785. The number of methoxy groups -OCH3 is 4. The molecule has 1 aromatic carbocycles. The first-order valence-electron chi connectivity index (χ1n) is 7.13. The van der Waals surface area contributed by atoms with Gasteiger partial charge in [-0.15, -0.1) is 11.3 Å². The Morgan fingerprint density at radius 3 is 2.33 bits per heavy atom. The van der Waals surface area contributed by atoms with E-state index in [2.05, 4.69) is 10.3 Å². The minimum atomic E-state index is -0.248. The number of carbonyl (C=O) groups excluding carboxylic acids is 1. The molecule has 0 unspecified atom stereocenters. The second-order valence-corrected chi connectivity index (χ2v) is 5.72. The summed E-state index contributed by atoms with van der Waals surface area (Å²) >= 11 is 1.39. The standard InChI is InChI=1S/C16H20N2O5S/c1-20-8-14-18-11(9-24-14)16(19)17-7-10-5-12(21-2)15(23-4)13(6-10)22-3/h5-6,9H,7-8H2,1-4H3,(H,17,19). The van der Waals surface area contributed by atoms with Gasteiger partial charge in [0.1, 0.15) is 10.7 Å². The maximum atomic E-state index is 12.2. The van der Waals surface area contributed by atoms with Crippen molar-refractivity contribution in [3.63, 3.8) is 0 Å². The number of ether oxygens (including phenoxy) is 4. The molecule has 0 saturated carbocycles. The third-order valence-electron chi connectivity index (χ3n) is 3.23. The minimum Gasteiger partial charge on any atom is -0.493 e. The lowest BCUT2D eigenvalue weighted by atomic mass is 10.1. The summed E-state index contributed by atoms with van der Waals surface area (Å²) in [7, 11) is 6.23. The lowest BCUT2D eigenvalue weighted by Gasteiger charge is -2.14. The van der Waals surface area contributed by atoms with Crippen LogP contribution >= 0.6 is 11.3 Å². The molecule has 1 amide bonds. The Hall–Kier alpha value is -2.32. The number of hydrogen-bond donors (Lipinski definition) is 1. The van der Waals surface area contributed by atoms with Crippen molar-refractivity contribution in [2.24, 2.45) is 0 Å². The number of nitrogens with one attached hydrogen (secondary N) is 1. The smallest absolute Gasteiger partial charge is 0.271 e. The van der Waals surface area contributed by atoms with Crippen LogP contribution in [0.4, 0.5) is 0 Å². The summed E-state index contributed by atoms with van der Waals surface area (Å²) in [6.07, 6.45) is 0. The number of aromatic nitrogens is 1. The molecule has 0 fully saturated rings. The van der Waals surface area contributed by atoms with Gasteiger partial charge in [-0.05, 0) is 17.7 Å². The molecule has 0 atom stereocenters. The number of rotatable bonds is 8. The number of nitrogens with zero attached hydrogens (tertiary/aromatic N) is 1. The molecule has 1 heterocycles. The first-order chi connectivity index (χ1) is 11.6. The van der Waals surface area contributed by atoms with Crippen molar-refractivity contribution >= 4 is 17.2 Å². The molecule has 8 heteroatoms. The predicted molar refractivity (Wildman–Crippen MR) is 90.1 cm³/mol. The van der Waals surface area contributed by atoms with Crippen molar-refractivity contribution in [3.8, 4) is 17.2 Å². The first-order valence-corrected chi connectivity index (χ1v) is 8.01. The molecule has 0 saturated heterocycles. The first kappa shape index (κ1) is 18.0. The summed E-state index contributed by atoms with van der Waals surface area (Å²) in [4.78, 5) is 16.4. The number of benzene rings is 1. The largest absolute Gasteiger partial charge is 0.493 e. The molecule has 2 rings (SSSR count). The van der Waals surface area contributed by atoms with Crippen LogP contribution in [0.1, 0.15) is 21.1 Å². The zero-order valence-corrected chi connectivity index (χ0v) is 14.9. The summed E-state index contributed by atoms with van der Waals surface area (Å²) in [5, 5.41) is 5.29. The van der Waals surface area contributed by atoms with Crippen LogP contribution in [0.2, 0.25) is 0 Å². The summed E-state index contributed by atoms with van der Waals surface area (Å²) < 4.78 is 20.9. The van der Waals surface area contributed by atoms with E-state index in [1.807, 2.05) is 0 Å². The van der Waals surface area contributed by atoms with Gasteiger partial charge < -0.3 is 24.3 Å². The number of carbonyl (C=O) groups is 1. The SMILES string of the molecule is COCc1nc(C(=O)NCc2cc(OC)c(OC)c(OC)c2)cs1. The van der Waals surface area contributed by atoms with Crippen molar-refractivity contribution in [2.75, 3.05) is 28.4 Å². The Morgan fingerprint density at radius 2 is 1.79 bits per heavy atom. The molecular weight excluding hydrogens is 332 g/mol. The van der Waals surface area contributed by atoms with Crippen molar-refractivity contribution < 1.29 is 23.7 Å². The van der Waals surface area contributed by atoms with Crippen LogP contribution in [-0.4, -0.2) is 39.3 Å². The molecule has 1 aromatic heterocycles. The van der Waals surface area contributed by atoms with Gasteiger partial charge in [-0.2, -0.15) is 0 Å². The van der Waals surface area contributed by atoms with Crippen LogP contribution in [0.25, 0.3) is 0 Å². The van der Waals surface area contributed by atoms with Crippen LogP contribution in [0, 0.1) is 0 Å². The Bertz CT molecular complexity index is 677. The average Bonchev–Trinajstić information content (AvgIpc) is 3.07. The maximum absolute atomic E-state index is 12.2. The summed E-state index contributed by atoms with van der Waals surface area (Å²) in [6, 6.07) is 3.58. The van der Waals surface area contributed by atoms with Gasteiger partial charge in [-0.1, -0.05) is 0 Å². The summed E-state index contributed by atoms with van der Waals surface area (Å²) in [5.74, 6) is 1.34. The molecule has 0 spiro atoms. The summed E-state index contributed by atoms with van der Waals surface area (Å²) in [6.45, 7) is 0.706. The van der Waals surface area contributed by atoms with E-state index in [9.17, 15) is 4.79 Å². The zero-order chi connectivity index (χ0) is 17.5. The highest BCUT2D eigenvalue weighted by atomic mass is 32.1. The molecule has 2 aromatic rings. The van der Waals surface area contributed by atoms with E-state index < -0.39 is 0 Å². The normalized spacial score (nSPS) is 10.3. The average molecular weight is 352 g/mol. The fourth-order valence-electron chi connectivity index (χ4n) is 2.12. The van der Waals surface area contributed by atoms with Gasteiger partial charge in [0, 0.05) is 19.0 Å². The molecule has 24 heavy (non-hydrogen) atoms.